The molecule has 0 saturated carbocycles. The summed E-state index contributed by atoms with van der Waals surface area (Å²) < 4.78 is 6.69. The second kappa shape index (κ2) is 6.89. The van der Waals surface area contributed by atoms with Crippen molar-refractivity contribution in [2.75, 3.05) is 13.1 Å². The lowest BCUT2D eigenvalue weighted by Crippen LogP contribution is -2.30. The molecule has 1 saturated heterocycles. The van der Waals surface area contributed by atoms with Crippen LogP contribution in [0.25, 0.3) is 0 Å². The van der Waals surface area contributed by atoms with Crippen molar-refractivity contribution in [2.24, 2.45) is 0 Å². The van der Waals surface area contributed by atoms with Crippen LogP contribution in [0.3, 0.4) is 0 Å². The molecule has 1 atom stereocenters. The molecule has 0 aromatic carbocycles. The van der Waals surface area contributed by atoms with Crippen molar-refractivity contribution in [3.63, 3.8) is 0 Å². The number of rotatable bonds is 5. The van der Waals surface area contributed by atoms with Gasteiger partial charge in [-0.1, -0.05) is 13.3 Å². The van der Waals surface area contributed by atoms with Gasteiger partial charge in [-0.25, -0.2) is 4.98 Å². The number of unbranched alkanes of at least 4 members (excludes halogenated alkanes) is 1. The number of ether oxygens (including phenoxy) is 1. The van der Waals surface area contributed by atoms with E-state index >= 15 is 0 Å². The van der Waals surface area contributed by atoms with Gasteiger partial charge in [-0.2, -0.15) is 0 Å². The summed E-state index contributed by atoms with van der Waals surface area (Å²) in [6.07, 6.45) is 5.31. The van der Waals surface area contributed by atoms with E-state index in [-0.39, 0.29) is 12.0 Å². The minimum absolute atomic E-state index is 0.0526. The van der Waals surface area contributed by atoms with Crippen LogP contribution in [0.5, 0.6) is 5.88 Å². The maximum Gasteiger partial charge on any atom is 0.228 e. The molecule has 1 aliphatic heterocycles. The lowest BCUT2D eigenvalue weighted by atomic mass is 10.2. The third-order valence-electron chi connectivity index (χ3n) is 3.24. The second-order valence-corrected chi connectivity index (χ2v) is 5.62. The first-order valence-corrected chi connectivity index (χ1v) is 7.55. The molecule has 1 aromatic rings. The highest BCUT2D eigenvalue weighted by atomic mass is 79.9. The first-order chi connectivity index (χ1) is 9.20. The van der Waals surface area contributed by atoms with Gasteiger partial charge in [0.15, 0.2) is 0 Å². The first kappa shape index (κ1) is 14.3. The summed E-state index contributed by atoms with van der Waals surface area (Å²) in [5, 5.41) is 0. The van der Waals surface area contributed by atoms with Gasteiger partial charge in [0.2, 0.25) is 11.8 Å². The Labute approximate surface area is 122 Å². The maximum absolute atomic E-state index is 11.9. The van der Waals surface area contributed by atoms with Crippen molar-refractivity contribution in [1.29, 1.82) is 0 Å². The van der Waals surface area contributed by atoms with Crippen LogP contribution >= 0.6 is 15.9 Å². The van der Waals surface area contributed by atoms with E-state index in [0.29, 0.717) is 18.8 Å². The fraction of sp³-hybridized carbons (Fsp3) is 0.571. The van der Waals surface area contributed by atoms with Gasteiger partial charge in [0.25, 0.3) is 0 Å². The van der Waals surface area contributed by atoms with Crippen LogP contribution in [-0.4, -0.2) is 35.0 Å². The van der Waals surface area contributed by atoms with E-state index in [1.807, 2.05) is 17.0 Å². The van der Waals surface area contributed by atoms with Crippen molar-refractivity contribution in [3.05, 3.63) is 22.8 Å². The Morgan fingerprint density at radius 3 is 3.21 bits per heavy atom. The number of carbonyl (C=O) groups is 1. The highest BCUT2D eigenvalue weighted by Gasteiger charge is 2.27. The molecule has 19 heavy (non-hydrogen) atoms. The molecule has 0 radical (unpaired) electrons. The lowest BCUT2D eigenvalue weighted by molar-refractivity contribution is -0.130. The molecule has 1 amide bonds. The van der Waals surface area contributed by atoms with E-state index in [2.05, 4.69) is 27.8 Å². The normalized spacial score (nSPS) is 18.6. The summed E-state index contributed by atoms with van der Waals surface area (Å²) in [7, 11) is 0. The molecule has 0 spiro atoms. The Kier molecular flexibility index (Phi) is 5.19. The van der Waals surface area contributed by atoms with Gasteiger partial charge in [0, 0.05) is 25.6 Å². The smallest absolute Gasteiger partial charge is 0.228 e. The number of hydrogen-bond donors (Lipinski definition) is 0. The zero-order chi connectivity index (χ0) is 13.7. The Balaban J connectivity index is 1.85. The van der Waals surface area contributed by atoms with Crippen LogP contribution in [0, 0.1) is 0 Å². The third kappa shape index (κ3) is 3.93. The summed E-state index contributed by atoms with van der Waals surface area (Å²) >= 11 is 3.41. The Morgan fingerprint density at radius 2 is 2.47 bits per heavy atom. The molecule has 0 N–H and O–H groups in total. The molecule has 0 bridgehead atoms. The van der Waals surface area contributed by atoms with Gasteiger partial charge < -0.3 is 9.64 Å². The third-order valence-corrected chi connectivity index (χ3v) is 3.85. The first-order valence-electron chi connectivity index (χ1n) is 6.75. The summed E-state index contributed by atoms with van der Waals surface area (Å²) in [5.41, 5.74) is 0. The van der Waals surface area contributed by atoms with E-state index in [9.17, 15) is 4.79 Å². The summed E-state index contributed by atoms with van der Waals surface area (Å²) in [6, 6.07) is 3.76. The number of halogens is 1. The van der Waals surface area contributed by atoms with Crippen molar-refractivity contribution in [2.45, 2.75) is 38.7 Å². The summed E-state index contributed by atoms with van der Waals surface area (Å²) in [6.45, 7) is 3.56. The van der Waals surface area contributed by atoms with E-state index in [1.165, 1.54) is 0 Å². The highest BCUT2D eigenvalue weighted by Crippen LogP contribution is 2.24. The van der Waals surface area contributed by atoms with Crippen LogP contribution in [-0.2, 0) is 4.79 Å². The van der Waals surface area contributed by atoms with E-state index < -0.39 is 0 Å². The molecule has 5 heteroatoms. The van der Waals surface area contributed by atoms with Crippen molar-refractivity contribution < 1.29 is 9.53 Å². The van der Waals surface area contributed by atoms with Crippen LogP contribution < -0.4 is 4.74 Å². The van der Waals surface area contributed by atoms with Crippen LogP contribution in [0.1, 0.15) is 32.6 Å². The minimum atomic E-state index is 0.0526. The monoisotopic (exact) mass is 326 g/mol. The Hall–Kier alpha value is -1.10. The molecule has 1 aliphatic rings. The quantitative estimate of drug-likeness (QED) is 0.835. The van der Waals surface area contributed by atoms with Gasteiger partial charge in [-0.3, -0.25) is 4.79 Å². The second-order valence-electron chi connectivity index (χ2n) is 4.76. The fourth-order valence-electron chi connectivity index (χ4n) is 2.15. The van der Waals surface area contributed by atoms with Gasteiger partial charge in [-0.15, -0.1) is 0 Å². The van der Waals surface area contributed by atoms with E-state index in [1.54, 1.807) is 6.20 Å². The zero-order valence-electron chi connectivity index (χ0n) is 11.1. The molecule has 1 unspecified atom stereocenters. The molecule has 0 aliphatic carbocycles. The number of likely N-dealkylation sites (tertiary alicyclic amines) is 1. The van der Waals surface area contributed by atoms with Gasteiger partial charge in [0.05, 0.1) is 11.0 Å². The van der Waals surface area contributed by atoms with E-state index in [0.717, 1.165) is 30.3 Å². The number of aromatic nitrogens is 1. The maximum atomic E-state index is 11.9. The van der Waals surface area contributed by atoms with Gasteiger partial charge >= 0.3 is 0 Å². The lowest BCUT2D eigenvalue weighted by Gasteiger charge is -2.17. The van der Waals surface area contributed by atoms with Gasteiger partial charge in [0.1, 0.15) is 6.10 Å². The summed E-state index contributed by atoms with van der Waals surface area (Å²) in [5.74, 6) is 0.850. The molecule has 1 aromatic heterocycles. The average Bonchev–Trinajstić information content (AvgIpc) is 2.87. The van der Waals surface area contributed by atoms with Crippen LogP contribution in [0.4, 0.5) is 0 Å². The van der Waals surface area contributed by atoms with Crippen LogP contribution in [0.2, 0.25) is 0 Å². The molecule has 2 heterocycles. The predicted molar refractivity (Wildman–Crippen MR) is 77.1 cm³/mol. The molecule has 1 fully saturated rings. The number of hydrogen-bond acceptors (Lipinski definition) is 3. The molecular weight excluding hydrogens is 308 g/mol. The van der Waals surface area contributed by atoms with Gasteiger partial charge in [-0.05, 0) is 34.5 Å². The van der Waals surface area contributed by atoms with Crippen LogP contribution in [0.15, 0.2) is 22.8 Å². The largest absolute Gasteiger partial charge is 0.472 e. The Bertz CT molecular complexity index is 439. The highest BCUT2D eigenvalue weighted by molar-refractivity contribution is 9.10. The molecule has 4 nitrogen and oxygen atoms in total. The molecule has 104 valence electrons. The summed E-state index contributed by atoms with van der Waals surface area (Å²) in [4.78, 5) is 18.0. The Morgan fingerprint density at radius 1 is 1.63 bits per heavy atom. The van der Waals surface area contributed by atoms with Crippen molar-refractivity contribution >= 4 is 21.8 Å². The average molecular weight is 327 g/mol. The number of nitrogens with zero attached hydrogens (tertiary/aromatic N) is 2. The molecule has 2 rings (SSSR count). The standard InChI is InChI=1S/C14H19BrN2O2/c1-2-3-6-13(18)17-9-7-11(10-17)19-14-12(15)5-4-8-16-14/h4-5,8,11H,2-3,6-7,9-10H2,1H3. The van der Waals surface area contributed by atoms with E-state index in [4.69, 9.17) is 4.74 Å². The number of pyridine rings is 1. The minimum Gasteiger partial charge on any atom is -0.472 e. The number of carbonyl (C=O) groups excluding carboxylic acids is 1. The predicted octanol–water partition coefficient (Wildman–Crippen LogP) is 3.01. The molecular formula is C14H19BrN2O2. The fourth-order valence-corrected chi connectivity index (χ4v) is 2.50. The zero-order valence-corrected chi connectivity index (χ0v) is 12.7. The number of amides is 1. The van der Waals surface area contributed by atoms with Crippen molar-refractivity contribution in [1.82, 2.24) is 9.88 Å². The SMILES string of the molecule is CCCCC(=O)N1CCC(Oc2ncccc2Br)C1. The van der Waals surface area contributed by atoms with Crippen molar-refractivity contribution in [3.8, 4) is 5.88 Å². The topological polar surface area (TPSA) is 42.4 Å².